The van der Waals surface area contributed by atoms with Gasteiger partial charge in [-0.1, -0.05) is 13.8 Å². The van der Waals surface area contributed by atoms with E-state index in [1.165, 1.54) is 0 Å². The average Bonchev–Trinajstić information content (AvgIpc) is 2.91. The van der Waals surface area contributed by atoms with Gasteiger partial charge in [-0.05, 0) is 24.5 Å². The molecule has 0 aliphatic carbocycles. The van der Waals surface area contributed by atoms with Gasteiger partial charge in [0.25, 0.3) is 0 Å². The third-order valence-corrected chi connectivity index (χ3v) is 3.64. The maximum Gasteiger partial charge on any atom is 0.231 e. The Labute approximate surface area is 117 Å². The summed E-state index contributed by atoms with van der Waals surface area (Å²) in [5, 5.41) is 4.73. The molecule has 20 heavy (non-hydrogen) atoms. The summed E-state index contributed by atoms with van der Waals surface area (Å²) in [5.41, 5.74) is 5.73. The number of pyridine rings is 1. The van der Waals surface area contributed by atoms with Crippen LogP contribution in [0.2, 0.25) is 0 Å². The Morgan fingerprint density at radius 1 is 1.35 bits per heavy atom. The van der Waals surface area contributed by atoms with E-state index in [4.69, 9.17) is 14.5 Å². The van der Waals surface area contributed by atoms with Crippen molar-refractivity contribution in [3.8, 4) is 11.5 Å². The molecule has 3 rings (SSSR count). The van der Waals surface area contributed by atoms with Gasteiger partial charge in [-0.25, -0.2) is 0 Å². The highest BCUT2D eigenvalue weighted by molar-refractivity contribution is 5.94. The summed E-state index contributed by atoms with van der Waals surface area (Å²) >= 11 is 0. The zero-order chi connectivity index (χ0) is 14.1. The lowest BCUT2D eigenvalue weighted by molar-refractivity contribution is 0.174. The zero-order valence-electron chi connectivity index (χ0n) is 11.6. The van der Waals surface area contributed by atoms with Gasteiger partial charge < -0.3 is 9.47 Å². The Balaban J connectivity index is 2.22. The lowest BCUT2D eigenvalue weighted by Crippen LogP contribution is -1.99. The number of ether oxygens (including phenoxy) is 2. The van der Waals surface area contributed by atoms with Crippen molar-refractivity contribution < 1.29 is 9.47 Å². The highest BCUT2D eigenvalue weighted by Crippen LogP contribution is 2.38. The molecule has 2 heterocycles. The van der Waals surface area contributed by atoms with Gasteiger partial charge in [0.1, 0.15) is 0 Å². The molecule has 0 bridgehead atoms. The van der Waals surface area contributed by atoms with Gasteiger partial charge in [0.15, 0.2) is 11.5 Å². The largest absolute Gasteiger partial charge is 0.454 e. The Kier molecular flexibility index (Phi) is 3.18. The topological polar surface area (TPSA) is 55.7 Å². The number of nitrogens with one attached hydrogen (secondary N) is 1. The molecule has 0 fully saturated rings. The van der Waals surface area contributed by atoms with Crippen LogP contribution in [0.1, 0.15) is 31.9 Å². The standard InChI is InChI=1S/C15H17N3O2/c1-4-9(2)11-6-13(18-16-3)10-5-14-15(20-8-19-14)7-12(10)17-11/h5-7,9H,3-4,8H2,1-2H3,(H,17,18). The first-order valence-corrected chi connectivity index (χ1v) is 6.69. The van der Waals surface area contributed by atoms with Crippen LogP contribution in [0.4, 0.5) is 5.69 Å². The van der Waals surface area contributed by atoms with Gasteiger partial charge in [0.05, 0.1) is 11.2 Å². The molecule has 104 valence electrons. The SMILES string of the molecule is C=NNc1cc(C(C)CC)nc2cc3c(cc12)OCO3. The molecule has 1 aliphatic heterocycles. The number of benzene rings is 1. The van der Waals surface area contributed by atoms with Gasteiger partial charge >= 0.3 is 0 Å². The maximum absolute atomic E-state index is 5.41. The maximum atomic E-state index is 5.41. The van der Waals surface area contributed by atoms with Crippen molar-refractivity contribution in [1.82, 2.24) is 4.98 Å². The van der Waals surface area contributed by atoms with Crippen molar-refractivity contribution in [2.45, 2.75) is 26.2 Å². The van der Waals surface area contributed by atoms with Gasteiger partial charge in [0, 0.05) is 23.9 Å². The summed E-state index contributed by atoms with van der Waals surface area (Å²) in [4.78, 5) is 4.73. The van der Waals surface area contributed by atoms with Crippen LogP contribution in [0.5, 0.6) is 11.5 Å². The summed E-state index contributed by atoms with van der Waals surface area (Å²) in [6.45, 7) is 8.06. The number of nitrogens with zero attached hydrogens (tertiary/aromatic N) is 2. The van der Waals surface area contributed by atoms with E-state index in [1.807, 2.05) is 18.2 Å². The Bertz CT molecular complexity index is 670. The van der Waals surface area contributed by atoms with Gasteiger partial charge in [-0.2, -0.15) is 5.10 Å². The molecule has 1 unspecified atom stereocenters. The Morgan fingerprint density at radius 3 is 2.80 bits per heavy atom. The summed E-state index contributed by atoms with van der Waals surface area (Å²) in [6.07, 6.45) is 1.03. The predicted molar refractivity (Wildman–Crippen MR) is 79.7 cm³/mol. The van der Waals surface area contributed by atoms with E-state index < -0.39 is 0 Å². The van der Waals surface area contributed by atoms with Crippen LogP contribution in [0.3, 0.4) is 0 Å². The van der Waals surface area contributed by atoms with Crippen molar-refractivity contribution in [2.75, 3.05) is 12.2 Å². The van der Waals surface area contributed by atoms with Crippen molar-refractivity contribution >= 4 is 23.3 Å². The quantitative estimate of drug-likeness (QED) is 0.683. The van der Waals surface area contributed by atoms with Crippen LogP contribution >= 0.6 is 0 Å². The minimum absolute atomic E-state index is 0.256. The molecule has 1 aromatic heterocycles. The first-order chi connectivity index (χ1) is 9.72. The molecule has 1 N–H and O–H groups in total. The first kappa shape index (κ1) is 12.7. The summed E-state index contributed by atoms with van der Waals surface area (Å²) in [7, 11) is 0. The zero-order valence-corrected chi connectivity index (χ0v) is 11.6. The Morgan fingerprint density at radius 2 is 2.10 bits per heavy atom. The van der Waals surface area contributed by atoms with Gasteiger partial charge in [-0.15, -0.1) is 0 Å². The number of aromatic nitrogens is 1. The summed E-state index contributed by atoms with van der Waals surface area (Å²) < 4.78 is 10.8. The van der Waals surface area contributed by atoms with Gasteiger partial charge in [-0.3, -0.25) is 10.4 Å². The van der Waals surface area contributed by atoms with Crippen LogP contribution in [0.15, 0.2) is 23.3 Å². The van der Waals surface area contributed by atoms with Crippen molar-refractivity contribution in [3.63, 3.8) is 0 Å². The fraction of sp³-hybridized carbons (Fsp3) is 0.333. The summed E-state index contributed by atoms with van der Waals surface area (Å²) in [5.74, 6) is 1.86. The third kappa shape index (κ3) is 2.05. The molecule has 1 aromatic carbocycles. The predicted octanol–water partition coefficient (Wildman–Crippen LogP) is 3.50. The number of anilines is 1. The van der Waals surface area contributed by atoms with Crippen LogP contribution in [0, 0.1) is 0 Å². The molecule has 1 atom stereocenters. The average molecular weight is 271 g/mol. The van der Waals surface area contributed by atoms with Crippen molar-refractivity contribution in [2.24, 2.45) is 5.10 Å². The van der Waals surface area contributed by atoms with E-state index in [0.29, 0.717) is 5.92 Å². The number of hydrogen-bond donors (Lipinski definition) is 1. The molecule has 5 nitrogen and oxygen atoms in total. The Hall–Kier alpha value is -2.30. The molecule has 5 heteroatoms. The van der Waals surface area contributed by atoms with Crippen LogP contribution < -0.4 is 14.9 Å². The molecule has 0 radical (unpaired) electrons. The lowest BCUT2D eigenvalue weighted by Gasteiger charge is -2.13. The molecule has 0 spiro atoms. The number of hydrazone groups is 1. The van der Waals surface area contributed by atoms with Gasteiger partial charge in [0.2, 0.25) is 6.79 Å². The number of rotatable bonds is 4. The van der Waals surface area contributed by atoms with Crippen molar-refractivity contribution in [3.05, 3.63) is 23.9 Å². The molecule has 0 saturated carbocycles. The second kappa shape index (κ2) is 5.00. The lowest BCUT2D eigenvalue weighted by atomic mass is 10.0. The first-order valence-electron chi connectivity index (χ1n) is 6.69. The van der Waals surface area contributed by atoms with E-state index in [2.05, 4.69) is 31.1 Å². The minimum atomic E-state index is 0.256. The minimum Gasteiger partial charge on any atom is -0.454 e. The third-order valence-electron chi connectivity index (χ3n) is 3.64. The fourth-order valence-electron chi connectivity index (χ4n) is 2.28. The van der Waals surface area contributed by atoms with E-state index in [9.17, 15) is 0 Å². The second-order valence-electron chi connectivity index (χ2n) is 4.90. The number of fused-ring (bicyclic) bond motifs is 2. The second-order valence-corrected chi connectivity index (χ2v) is 4.90. The van der Waals surface area contributed by atoms with Crippen LogP contribution in [-0.2, 0) is 0 Å². The highest BCUT2D eigenvalue weighted by atomic mass is 16.7. The monoisotopic (exact) mass is 271 g/mol. The molecule has 1 aliphatic rings. The van der Waals surface area contributed by atoms with E-state index in [0.717, 1.165) is 40.2 Å². The van der Waals surface area contributed by atoms with Crippen molar-refractivity contribution in [1.29, 1.82) is 0 Å². The molecular weight excluding hydrogens is 254 g/mol. The van der Waals surface area contributed by atoms with Crippen LogP contribution in [0.25, 0.3) is 10.9 Å². The molecule has 2 aromatic rings. The van der Waals surface area contributed by atoms with Crippen LogP contribution in [-0.4, -0.2) is 18.5 Å². The smallest absolute Gasteiger partial charge is 0.231 e. The molecule has 0 amide bonds. The normalized spacial score (nSPS) is 14.3. The molecular formula is C15H17N3O2. The van der Waals surface area contributed by atoms with E-state index in [1.54, 1.807) is 0 Å². The highest BCUT2D eigenvalue weighted by Gasteiger charge is 2.18. The van der Waals surface area contributed by atoms with E-state index >= 15 is 0 Å². The molecule has 0 saturated heterocycles. The fourth-order valence-corrected chi connectivity index (χ4v) is 2.28. The summed E-state index contributed by atoms with van der Waals surface area (Å²) in [6, 6.07) is 5.86. The van der Waals surface area contributed by atoms with E-state index in [-0.39, 0.29) is 6.79 Å². The number of hydrogen-bond acceptors (Lipinski definition) is 5.